The minimum atomic E-state index is -3.61. The maximum Gasteiger partial charge on any atom is 0.264 e. The fourth-order valence-corrected chi connectivity index (χ4v) is 23.1. The molecule has 0 aliphatic carbocycles. The zero-order chi connectivity index (χ0) is 96.4. The first-order valence-corrected chi connectivity index (χ1v) is 54.4. The molecule has 6 aromatic carbocycles. The number of rotatable bonds is 41. The number of allylic oxidation sites excluding steroid dienone is 3. The average Bonchev–Trinajstić information content (AvgIpc) is 1.73. The Labute approximate surface area is 803 Å². The summed E-state index contributed by atoms with van der Waals surface area (Å²) >= 11 is 0. The third-order valence-electron chi connectivity index (χ3n) is 21.7. The molecular weight excluding hydrogens is 1840 g/mol. The molecule has 0 saturated carbocycles. The highest BCUT2D eigenvalue weighted by atomic mass is 33.1. The molecule has 0 radical (unpaired) electrons. The number of aliphatic hydroxyl groups excluding tert-OH is 2. The molecule has 6 aromatic rings. The molecule has 722 valence electrons. The first-order chi connectivity index (χ1) is 62.6. The summed E-state index contributed by atoms with van der Waals surface area (Å²) in [5.41, 5.74) is 11.0. The molecule has 3 saturated heterocycles. The Morgan fingerprint density at radius 3 is 0.992 bits per heavy atom. The Hall–Kier alpha value is -8.12. The summed E-state index contributed by atoms with van der Waals surface area (Å²) in [4.78, 5) is 66.0. The molecule has 0 aromatic heterocycles. The van der Waals surface area contributed by atoms with Gasteiger partial charge in [0.15, 0.2) is 34.5 Å². The van der Waals surface area contributed by atoms with Gasteiger partial charge in [0.2, 0.25) is 0 Å². The first kappa shape index (κ1) is 108. The van der Waals surface area contributed by atoms with E-state index in [0.717, 1.165) is 86.8 Å². The van der Waals surface area contributed by atoms with Gasteiger partial charge in [-0.2, -0.15) is 16.8 Å². The molecule has 3 fully saturated rings. The van der Waals surface area contributed by atoms with Crippen molar-refractivity contribution in [2.24, 2.45) is 15.0 Å². The van der Waals surface area contributed by atoms with Gasteiger partial charge in [0.05, 0.1) is 112 Å². The number of benzene rings is 6. The van der Waals surface area contributed by atoms with Crippen LogP contribution in [0.3, 0.4) is 0 Å². The lowest BCUT2D eigenvalue weighted by molar-refractivity contribution is 0.0769. The zero-order valence-corrected chi connectivity index (χ0v) is 85.8. The number of carbonyl (C=O) groups excluding carboxylic acids is 3. The number of fused-ring (bicyclic) bond motifs is 6. The summed E-state index contributed by atoms with van der Waals surface area (Å²) in [6.45, 7) is 27.6. The van der Waals surface area contributed by atoms with E-state index in [-0.39, 0.29) is 101 Å². The lowest BCUT2D eigenvalue weighted by Gasteiger charge is -2.28. The minimum absolute atomic E-state index is 0.00534. The Morgan fingerprint density at radius 2 is 0.705 bits per heavy atom. The van der Waals surface area contributed by atoms with Crippen LogP contribution < -0.4 is 37.9 Å². The summed E-state index contributed by atoms with van der Waals surface area (Å²) in [7, 11) is 14.5. The Kier molecular flexibility index (Phi) is 40.8. The molecule has 3 amide bonds. The number of phenols is 1. The molecule has 6 aliphatic heterocycles. The predicted molar refractivity (Wildman–Crippen MR) is 538 cm³/mol. The molecule has 29 nitrogen and oxygen atoms in total. The van der Waals surface area contributed by atoms with E-state index in [2.05, 4.69) is 106 Å². The Morgan fingerprint density at radius 1 is 0.417 bits per heavy atom. The van der Waals surface area contributed by atoms with Gasteiger partial charge in [0.1, 0.15) is 50.3 Å². The number of likely N-dealkylation sites (N-methyl/N-ethyl adjacent to an activating group) is 3. The van der Waals surface area contributed by atoms with Crippen LogP contribution in [0.15, 0.2) is 141 Å². The quantitative estimate of drug-likeness (QED) is 0.0182. The smallest absolute Gasteiger partial charge is 0.264 e. The number of ether oxygens (including phenoxy) is 8. The number of aliphatic hydroxyl groups is 2. The highest BCUT2D eigenvalue weighted by molar-refractivity contribution is 8.77. The second-order valence-corrected chi connectivity index (χ2v) is 47.0. The monoisotopic (exact) mass is 1970 g/mol. The SMILES string of the molecule is C/C=C1\C[C@H]2C=Nc3cc(O)c(OC)cc3C(=O)N2C1.C/C=C1\C[C@H]2C=Nc3cc(OCc4cc(COc5cc6c(cc5OC)C(=O)N5C/C(=C/C)C[C@H]5C=N6)cc(OCCN(C)CC(C)(C)SSC)c4)c(OC)cc3C(=O)N2C1.CSSC(C)(C)CN(C)CCOc1cc(CO)cc(CO)c1.CSSC(C)(C)CN(C)CCOc1cc(COS(C)(=O)=O)cc(COS(C)(=O)=O)c1. The van der Waals surface area contributed by atoms with Gasteiger partial charge >= 0.3 is 0 Å². The maximum absolute atomic E-state index is 13.7. The molecule has 37 heteroatoms. The number of methoxy groups -OCH3 is 3. The van der Waals surface area contributed by atoms with E-state index in [1.54, 1.807) is 112 Å². The molecule has 0 spiro atoms. The molecule has 132 heavy (non-hydrogen) atoms. The van der Waals surface area contributed by atoms with E-state index in [4.69, 9.17) is 56.2 Å². The van der Waals surface area contributed by atoms with Crippen LogP contribution >= 0.6 is 64.8 Å². The molecule has 0 bridgehead atoms. The fraction of sp³-hybridized carbons (Fsp3) is 0.495. The van der Waals surface area contributed by atoms with Crippen molar-refractivity contribution < 1.29 is 92.8 Å². The van der Waals surface area contributed by atoms with Crippen LogP contribution in [-0.2, 0) is 68.2 Å². The van der Waals surface area contributed by atoms with Crippen molar-refractivity contribution in [1.82, 2.24) is 29.4 Å². The lowest BCUT2D eigenvalue weighted by Crippen LogP contribution is -2.35. The van der Waals surface area contributed by atoms with Crippen molar-refractivity contribution in [2.45, 2.75) is 154 Å². The van der Waals surface area contributed by atoms with Gasteiger partial charge in [-0.1, -0.05) is 112 Å². The van der Waals surface area contributed by atoms with Gasteiger partial charge in [-0.3, -0.25) is 37.7 Å². The standard InChI is InChI=1S/C46H55N5O7S2.C18H31NO7S4.C16H27NO3S2.C15H16N2O3/c1-9-29-14-33-22-47-38-20-42(40(54-6)18-36(38)44(52)50(33)24-29)57-26-31-13-32(17-35(16-31)56-12-11-49(5)28-46(3,4)60-59-8)27-58-43-21-39-37(19-41(43)55-7)45(53)51-25-30(10-2)15-34(51)23-48-39;1-18(2,28-27-4)14-19(3)7-8-24-17-10-15(12-25-29(5,20)21)9-16(11-17)13-26-30(6,22)23;1-16(2,22-21-4)12-17(3)5-6-20-15-8-13(10-18)7-14(9-15)11-19;1-3-9-4-10-7-16-12-6-13(18)14(20-2)5-11(12)15(19)17(10)8-9/h9-10,13,16-23,33-34H,11-12,14-15,24-28H2,1-8H3;9-11H,7-8,12-14H2,1-6H3;7-9,18-19H,5-6,10-12H2,1-4H3;3,5-7,10,18H,4,8H2,1-2H3/b29-9+,30-10+;;;9-3+/t33-,34-;;;10-/m0..0/s1. The third-order valence-corrected chi connectivity index (χ3v) is 30.6. The lowest BCUT2D eigenvalue weighted by atomic mass is 10.1. The molecule has 3 atom stereocenters. The van der Waals surface area contributed by atoms with Gasteiger partial charge in [0.25, 0.3) is 38.0 Å². The van der Waals surface area contributed by atoms with Gasteiger partial charge in [-0.05, 0) is 216 Å². The second-order valence-electron chi connectivity index (χ2n) is 34.4. The largest absolute Gasteiger partial charge is 0.504 e. The van der Waals surface area contributed by atoms with Crippen LogP contribution in [0.4, 0.5) is 17.1 Å². The van der Waals surface area contributed by atoms with Crippen molar-refractivity contribution >= 4 is 138 Å². The molecule has 0 unspecified atom stereocenters. The van der Waals surface area contributed by atoms with E-state index in [9.17, 15) is 46.5 Å². The first-order valence-electron chi connectivity index (χ1n) is 43.1. The molecule has 3 N–H and O–H groups in total. The minimum Gasteiger partial charge on any atom is -0.504 e. The van der Waals surface area contributed by atoms with Gasteiger partial charge < -0.3 is 82.6 Å². The number of hydrogen-bond acceptors (Lipinski definition) is 32. The van der Waals surface area contributed by atoms with Crippen LogP contribution in [0.5, 0.6) is 51.7 Å². The Bertz CT molecular complexity index is 5190. The van der Waals surface area contributed by atoms with Crippen molar-refractivity contribution in [3.63, 3.8) is 0 Å². The highest BCUT2D eigenvalue weighted by Gasteiger charge is 2.39. The molecule has 6 aliphatic rings. The van der Waals surface area contributed by atoms with Crippen LogP contribution in [0, 0.1) is 0 Å². The van der Waals surface area contributed by atoms with Crippen LogP contribution in [0.25, 0.3) is 0 Å². The zero-order valence-electron chi connectivity index (χ0n) is 79.3. The number of nitrogens with zero attached hydrogens (tertiary/aromatic N) is 9. The van der Waals surface area contributed by atoms with E-state index < -0.39 is 20.2 Å². The van der Waals surface area contributed by atoms with Gasteiger partial charge in [-0.15, -0.1) is 0 Å². The number of carbonyl (C=O) groups is 3. The number of amides is 3. The van der Waals surface area contributed by atoms with Gasteiger partial charge in [0, 0.05) is 110 Å². The average molecular weight is 1970 g/mol. The fourth-order valence-electron chi connectivity index (χ4n) is 15.7. The maximum atomic E-state index is 13.7. The number of aromatic hydroxyl groups is 1. The molecule has 12 rings (SSSR count). The summed E-state index contributed by atoms with van der Waals surface area (Å²) in [5, 5.41) is 28.2. The summed E-state index contributed by atoms with van der Waals surface area (Å²) < 4.78 is 103. The van der Waals surface area contributed by atoms with Crippen molar-refractivity contribution in [3.05, 3.63) is 176 Å². The number of aliphatic imine (C=N–C) groups is 3. The van der Waals surface area contributed by atoms with E-state index >= 15 is 0 Å². The summed E-state index contributed by atoms with van der Waals surface area (Å²) in [5.74, 6) is 3.76. The van der Waals surface area contributed by atoms with Crippen LogP contribution in [0.2, 0.25) is 0 Å². The predicted octanol–water partition coefficient (Wildman–Crippen LogP) is 16.5. The van der Waals surface area contributed by atoms with E-state index in [1.165, 1.54) is 29.9 Å². The second kappa shape index (κ2) is 50.1. The topological polar surface area (TPSA) is 329 Å². The van der Waals surface area contributed by atoms with E-state index in [1.807, 2.05) is 119 Å². The summed E-state index contributed by atoms with van der Waals surface area (Å²) in [6, 6.07) is 26.2. The van der Waals surface area contributed by atoms with E-state index in [0.29, 0.717) is 131 Å². The number of hydrogen-bond donors (Lipinski definition) is 3. The van der Waals surface area contributed by atoms with Gasteiger partial charge in [-0.25, -0.2) is 0 Å². The third kappa shape index (κ3) is 32.6. The summed E-state index contributed by atoms with van der Waals surface area (Å²) in [6.07, 6.45) is 22.3. The van der Waals surface area contributed by atoms with Crippen LogP contribution in [0.1, 0.15) is 146 Å². The van der Waals surface area contributed by atoms with Crippen molar-refractivity contribution in [3.8, 4) is 51.7 Å². The van der Waals surface area contributed by atoms with Crippen LogP contribution in [-0.4, -0.2) is 283 Å². The normalized spacial score (nSPS) is 17.3. The van der Waals surface area contributed by atoms with Crippen molar-refractivity contribution in [2.75, 3.05) is 152 Å². The number of phenolic OH excluding ortho intramolecular Hbond substituents is 1. The molecular formula is C95H129N9O20S8. The molecule has 6 heterocycles. The Balaban J connectivity index is 0.000000225. The highest BCUT2D eigenvalue weighted by Crippen LogP contribution is 2.44. The van der Waals surface area contributed by atoms with Crippen molar-refractivity contribution in [1.29, 1.82) is 0 Å².